The SMILES string of the molecule is COC(=O)c1cc(C(=O)Oc2ccc(NC(=O)c3cccs3)cc2)cc([N+](=O)[O-])c1. The van der Waals surface area contributed by atoms with Gasteiger partial charge in [0, 0.05) is 17.8 Å². The number of nitro groups is 1. The van der Waals surface area contributed by atoms with Crippen LogP contribution < -0.4 is 10.1 Å². The van der Waals surface area contributed by atoms with Gasteiger partial charge in [-0.25, -0.2) is 9.59 Å². The van der Waals surface area contributed by atoms with E-state index in [-0.39, 0.29) is 22.8 Å². The Hall–Kier alpha value is -4.05. The van der Waals surface area contributed by atoms with Gasteiger partial charge in [0.15, 0.2) is 0 Å². The smallest absolute Gasteiger partial charge is 0.343 e. The van der Waals surface area contributed by atoms with Gasteiger partial charge >= 0.3 is 11.9 Å². The molecule has 0 radical (unpaired) electrons. The molecule has 0 aliphatic heterocycles. The molecule has 0 atom stereocenters. The first-order valence-corrected chi connectivity index (χ1v) is 9.30. The molecule has 1 aromatic heterocycles. The van der Waals surface area contributed by atoms with Crippen LogP contribution in [0.15, 0.2) is 60.0 Å². The Kier molecular flexibility index (Phi) is 6.18. The van der Waals surface area contributed by atoms with Gasteiger partial charge in [-0.05, 0) is 41.8 Å². The van der Waals surface area contributed by atoms with E-state index in [0.29, 0.717) is 10.6 Å². The van der Waals surface area contributed by atoms with Crippen LogP contribution in [0.2, 0.25) is 0 Å². The van der Waals surface area contributed by atoms with Gasteiger partial charge in [-0.2, -0.15) is 0 Å². The third-order valence-corrected chi connectivity index (χ3v) is 4.72. The maximum atomic E-state index is 12.4. The summed E-state index contributed by atoms with van der Waals surface area (Å²) >= 11 is 1.31. The standard InChI is InChI=1S/C20H14N2O7S/c1-28-19(24)12-9-13(11-15(10-12)22(26)27)20(25)29-16-6-4-14(5-7-16)21-18(23)17-3-2-8-30-17/h2-11H,1H3,(H,21,23). The summed E-state index contributed by atoms with van der Waals surface area (Å²) < 4.78 is 9.76. The highest BCUT2D eigenvalue weighted by Gasteiger charge is 2.19. The van der Waals surface area contributed by atoms with Crippen LogP contribution in [0.4, 0.5) is 11.4 Å². The third-order valence-electron chi connectivity index (χ3n) is 3.85. The highest BCUT2D eigenvalue weighted by Crippen LogP contribution is 2.22. The first kappa shape index (κ1) is 20.7. The van der Waals surface area contributed by atoms with Gasteiger partial charge in [0.05, 0.1) is 28.0 Å². The van der Waals surface area contributed by atoms with E-state index in [4.69, 9.17) is 4.74 Å². The van der Waals surface area contributed by atoms with Gasteiger partial charge in [-0.1, -0.05) is 6.07 Å². The number of hydrogen-bond donors (Lipinski definition) is 1. The summed E-state index contributed by atoms with van der Waals surface area (Å²) in [5, 5.41) is 15.6. The molecule has 1 heterocycles. The van der Waals surface area contributed by atoms with Crippen molar-refractivity contribution in [2.24, 2.45) is 0 Å². The van der Waals surface area contributed by atoms with Crippen LogP contribution in [0.3, 0.4) is 0 Å². The van der Waals surface area contributed by atoms with E-state index in [2.05, 4.69) is 10.1 Å². The van der Waals surface area contributed by atoms with Crippen LogP contribution in [0, 0.1) is 10.1 Å². The Balaban J connectivity index is 1.74. The zero-order valence-corrected chi connectivity index (χ0v) is 16.3. The van der Waals surface area contributed by atoms with Crippen molar-refractivity contribution in [1.82, 2.24) is 0 Å². The van der Waals surface area contributed by atoms with Gasteiger partial charge in [-0.3, -0.25) is 14.9 Å². The summed E-state index contributed by atoms with van der Waals surface area (Å²) in [6.45, 7) is 0. The van der Waals surface area contributed by atoms with E-state index in [1.165, 1.54) is 23.5 Å². The monoisotopic (exact) mass is 426 g/mol. The van der Waals surface area contributed by atoms with Gasteiger partial charge < -0.3 is 14.8 Å². The highest BCUT2D eigenvalue weighted by atomic mass is 32.1. The molecule has 10 heteroatoms. The fraction of sp³-hybridized carbons (Fsp3) is 0.0500. The second-order valence-electron chi connectivity index (χ2n) is 5.86. The van der Waals surface area contributed by atoms with E-state index in [1.54, 1.807) is 29.6 Å². The van der Waals surface area contributed by atoms with Crippen molar-refractivity contribution in [2.75, 3.05) is 12.4 Å². The molecule has 0 aliphatic rings. The fourth-order valence-corrected chi connectivity index (χ4v) is 3.06. The number of rotatable bonds is 6. The number of carbonyl (C=O) groups excluding carboxylic acids is 3. The summed E-state index contributed by atoms with van der Waals surface area (Å²) in [4.78, 5) is 47.1. The molecule has 30 heavy (non-hydrogen) atoms. The van der Waals surface area contributed by atoms with Crippen LogP contribution in [0.1, 0.15) is 30.4 Å². The molecule has 0 unspecified atom stereocenters. The predicted molar refractivity (Wildman–Crippen MR) is 108 cm³/mol. The van der Waals surface area contributed by atoms with Gasteiger partial charge in [0.2, 0.25) is 0 Å². The number of methoxy groups -OCH3 is 1. The maximum Gasteiger partial charge on any atom is 0.343 e. The topological polar surface area (TPSA) is 125 Å². The molecule has 9 nitrogen and oxygen atoms in total. The third kappa shape index (κ3) is 4.86. The van der Waals surface area contributed by atoms with Crippen molar-refractivity contribution >= 4 is 40.6 Å². The maximum absolute atomic E-state index is 12.4. The lowest BCUT2D eigenvalue weighted by Gasteiger charge is -2.08. The van der Waals surface area contributed by atoms with Crippen molar-refractivity contribution in [3.05, 3.63) is 86.1 Å². The molecule has 3 aromatic rings. The number of amides is 1. The molecule has 152 valence electrons. The van der Waals surface area contributed by atoms with Crippen molar-refractivity contribution in [3.63, 3.8) is 0 Å². The zero-order valence-electron chi connectivity index (χ0n) is 15.5. The molecule has 1 amide bonds. The first-order valence-electron chi connectivity index (χ1n) is 8.42. The van der Waals surface area contributed by atoms with Gasteiger partial charge in [0.1, 0.15) is 5.75 Å². The Bertz CT molecular complexity index is 1110. The Morgan fingerprint density at radius 1 is 1.00 bits per heavy atom. The molecule has 0 saturated heterocycles. The lowest BCUT2D eigenvalue weighted by Crippen LogP contribution is -2.12. The summed E-state index contributed by atoms with van der Waals surface area (Å²) in [7, 11) is 1.12. The van der Waals surface area contributed by atoms with E-state index in [9.17, 15) is 24.5 Å². The van der Waals surface area contributed by atoms with Crippen LogP contribution in [-0.2, 0) is 4.74 Å². The molecular weight excluding hydrogens is 412 g/mol. The number of hydrogen-bond acceptors (Lipinski definition) is 8. The van der Waals surface area contributed by atoms with E-state index >= 15 is 0 Å². The number of ether oxygens (including phenoxy) is 2. The average molecular weight is 426 g/mol. The second kappa shape index (κ2) is 8.97. The quantitative estimate of drug-likeness (QED) is 0.274. The van der Waals surface area contributed by atoms with Crippen LogP contribution in [0.5, 0.6) is 5.75 Å². The molecule has 0 fully saturated rings. The van der Waals surface area contributed by atoms with E-state index in [0.717, 1.165) is 25.3 Å². The molecule has 0 aliphatic carbocycles. The fourth-order valence-electron chi connectivity index (χ4n) is 2.44. The van der Waals surface area contributed by atoms with Crippen molar-refractivity contribution in [3.8, 4) is 5.75 Å². The Morgan fingerprint density at radius 2 is 1.67 bits per heavy atom. The summed E-state index contributed by atoms with van der Waals surface area (Å²) in [6.07, 6.45) is 0. The minimum Gasteiger partial charge on any atom is -0.465 e. The molecule has 2 aromatic carbocycles. The number of esters is 2. The number of anilines is 1. The van der Waals surface area contributed by atoms with E-state index in [1.807, 2.05) is 0 Å². The normalized spacial score (nSPS) is 10.2. The molecule has 1 N–H and O–H groups in total. The summed E-state index contributed by atoms with van der Waals surface area (Å²) in [5.41, 5.74) is -0.280. The van der Waals surface area contributed by atoms with Crippen LogP contribution in [0.25, 0.3) is 0 Å². The lowest BCUT2D eigenvalue weighted by atomic mass is 10.1. The molecule has 0 saturated carbocycles. The highest BCUT2D eigenvalue weighted by molar-refractivity contribution is 7.12. The van der Waals surface area contributed by atoms with E-state index < -0.39 is 22.5 Å². The predicted octanol–water partition coefficient (Wildman–Crippen LogP) is 3.91. The number of thiophene rings is 1. The minimum atomic E-state index is -0.890. The van der Waals surface area contributed by atoms with Crippen LogP contribution in [-0.4, -0.2) is 29.9 Å². The van der Waals surface area contributed by atoms with Crippen LogP contribution >= 0.6 is 11.3 Å². The molecule has 3 rings (SSSR count). The van der Waals surface area contributed by atoms with Gasteiger partial charge in [0.25, 0.3) is 11.6 Å². The molecule has 0 bridgehead atoms. The number of carbonyl (C=O) groups is 3. The minimum absolute atomic E-state index is 0.148. The summed E-state index contributed by atoms with van der Waals surface area (Å²) in [5.74, 6) is -1.82. The largest absolute Gasteiger partial charge is 0.465 e. The molecular formula is C20H14N2O7S. The Labute approximate surface area is 174 Å². The van der Waals surface area contributed by atoms with Crippen molar-refractivity contribution in [2.45, 2.75) is 0 Å². The van der Waals surface area contributed by atoms with Crippen molar-refractivity contribution in [1.29, 1.82) is 0 Å². The molecule has 0 spiro atoms. The Morgan fingerprint density at radius 3 is 2.23 bits per heavy atom. The van der Waals surface area contributed by atoms with Crippen molar-refractivity contribution < 1.29 is 28.8 Å². The number of non-ortho nitro benzene ring substituents is 1. The second-order valence-corrected chi connectivity index (χ2v) is 6.81. The first-order chi connectivity index (χ1) is 14.4. The lowest BCUT2D eigenvalue weighted by molar-refractivity contribution is -0.384. The number of nitrogens with one attached hydrogen (secondary N) is 1. The zero-order chi connectivity index (χ0) is 21.7. The van der Waals surface area contributed by atoms with Gasteiger partial charge in [-0.15, -0.1) is 11.3 Å². The number of nitrogens with zero attached hydrogens (tertiary/aromatic N) is 1. The summed E-state index contributed by atoms with van der Waals surface area (Å²) in [6, 6.07) is 12.6. The number of benzene rings is 2. The number of nitro benzene ring substituents is 1. The average Bonchev–Trinajstić information content (AvgIpc) is 3.29.